The fourth-order valence-corrected chi connectivity index (χ4v) is 2.34. The Hall–Kier alpha value is -3.72. The van der Waals surface area contributed by atoms with Crippen LogP contribution in [0.3, 0.4) is 0 Å². The zero-order chi connectivity index (χ0) is 19.8. The lowest BCUT2D eigenvalue weighted by molar-refractivity contribution is -0.119. The molecule has 9 heteroatoms. The van der Waals surface area contributed by atoms with Gasteiger partial charge in [-0.25, -0.2) is 4.79 Å². The number of benzene rings is 2. The van der Waals surface area contributed by atoms with Gasteiger partial charge in [0.1, 0.15) is 0 Å². The van der Waals surface area contributed by atoms with E-state index >= 15 is 0 Å². The van der Waals surface area contributed by atoms with Gasteiger partial charge in [-0.15, -0.1) is 5.10 Å². The van der Waals surface area contributed by atoms with Crippen LogP contribution >= 0.6 is 0 Å². The molecular weight excluding hydrogens is 364 g/mol. The fraction of sp³-hybridized carbons (Fsp3) is 0.158. The van der Waals surface area contributed by atoms with E-state index in [0.717, 1.165) is 0 Å². The Morgan fingerprint density at radius 2 is 1.79 bits per heavy atom. The molecule has 0 atom stereocenters. The van der Waals surface area contributed by atoms with Crippen LogP contribution in [0.5, 0.6) is 0 Å². The summed E-state index contributed by atoms with van der Waals surface area (Å²) >= 11 is 0. The minimum Gasteiger partial charge on any atom is -0.452 e. The molecule has 0 aliphatic heterocycles. The van der Waals surface area contributed by atoms with Crippen molar-refractivity contribution in [1.29, 1.82) is 0 Å². The highest BCUT2D eigenvalue weighted by molar-refractivity contribution is 5.98. The molecule has 144 valence electrons. The largest absolute Gasteiger partial charge is 0.452 e. The molecule has 0 saturated carbocycles. The smallest absolute Gasteiger partial charge is 0.340 e. The van der Waals surface area contributed by atoms with Crippen molar-refractivity contribution in [3.05, 3.63) is 60.2 Å². The molecule has 3 rings (SSSR count). The maximum absolute atomic E-state index is 12.2. The summed E-state index contributed by atoms with van der Waals surface area (Å²) in [6.07, 6.45) is 0. The van der Waals surface area contributed by atoms with Gasteiger partial charge in [0, 0.05) is 17.8 Å². The first-order valence-electron chi connectivity index (χ1n) is 8.47. The number of rotatable bonds is 8. The van der Waals surface area contributed by atoms with E-state index in [-0.39, 0.29) is 30.6 Å². The lowest BCUT2D eigenvalue weighted by Crippen LogP contribution is -2.21. The SMILES string of the molecule is O=C(COC(=O)c1ccccc1NCCO)Nc1nnc(-c2ccccc2)o1. The lowest BCUT2D eigenvalue weighted by Gasteiger charge is -2.10. The molecule has 0 bridgehead atoms. The molecule has 0 aliphatic rings. The van der Waals surface area contributed by atoms with Crippen LogP contribution in [0.2, 0.25) is 0 Å². The third-order valence-corrected chi connectivity index (χ3v) is 3.60. The molecule has 1 aromatic heterocycles. The molecule has 3 N–H and O–H groups in total. The van der Waals surface area contributed by atoms with Crippen molar-refractivity contribution in [3.63, 3.8) is 0 Å². The van der Waals surface area contributed by atoms with Crippen LogP contribution in [0.1, 0.15) is 10.4 Å². The van der Waals surface area contributed by atoms with Crippen LogP contribution < -0.4 is 10.6 Å². The zero-order valence-corrected chi connectivity index (χ0v) is 14.8. The van der Waals surface area contributed by atoms with Gasteiger partial charge in [0.25, 0.3) is 5.91 Å². The summed E-state index contributed by atoms with van der Waals surface area (Å²) < 4.78 is 10.4. The van der Waals surface area contributed by atoms with Crippen LogP contribution in [-0.4, -0.2) is 46.9 Å². The summed E-state index contributed by atoms with van der Waals surface area (Å²) in [5, 5.41) is 21.8. The lowest BCUT2D eigenvalue weighted by atomic mass is 10.2. The van der Waals surface area contributed by atoms with Gasteiger partial charge in [-0.1, -0.05) is 35.4 Å². The number of aliphatic hydroxyl groups is 1. The van der Waals surface area contributed by atoms with Crippen LogP contribution in [0, 0.1) is 0 Å². The summed E-state index contributed by atoms with van der Waals surface area (Å²) in [6, 6.07) is 15.6. The molecule has 0 aliphatic carbocycles. The van der Waals surface area contributed by atoms with E-state index in [1.165, 1.54) is 0 Å². The Labute approximate surface area is 160 Å². The second kappa shape index (κ2) is 9.28. The first-order valence-corrected chi connectivity index (χ1v) is 8.47. The Morgan fingerprint density at radius 3 is 2.57 bits per heavy atom. The van der Waals surface area contributed by atoms with Crippen LogP contribution in [0.4, 0.5) is 11.7 Å². The van der Waals surface area contributed by atoms with Gasteiger partial charge < -0.3 is 19.6 Å². The van der Waals surface area contributed by atoms with Gasteiger partial charge in [-0.2, -0.15) is 0 Å². The second-order valence-electron chi connectivity index (χ2n) is 5.60. The Balaban J connectivity index is 1.55. The number of para-hydroxylation sites is 1. The summed E-state index contributed by atoms with van der Waals surface area (Å²) in [5.74, 6) is -1.03. The molecule has 0 unspecified atom stereocenters. The van der Waals surface area contributed by atoms with Crippen LogP contribution in [0.15, 0.2) is 59.0 Å². The third kappa shape index (κ3) is 4.92. The first kappa shape index (κ1) is 19.1. The topological polar surface area (TPSA) is 127 Å². The van der Waals surface area contributed by atoms with E-state index in [1.807, 2.05) is 18.2 Å². The maximum atomic E-state index is 12.2. The van der Waals surface area contributed by atoms with Gasteiger partial charge in [0.2, 0.25) is 5.89 Å². The van der Waals surface area contributed by atoms with Crippen LogP contribution in [0.25, 0.3) is 11.5 Å². The number of aromatic nitrogens is 2. The number of esters is 1. The Morgan fingerprint density at radius 1 is 1.04 bits per heavy atom. The number of carbonyl (C=O) groups is 2. The molecule has 1 heterocycles. The Bertz CT molecular complexity index is 942. The van der Waals surface area contributed by atoms with Crippen molar-refractivity contribution in [1.82, 2.24) is 10.2 Å². The average molecular weight is 382 g/mol. The molecule has 28 heavy (non-hydrogen) atoms. The van der Waals surface area contributed by atoms with Crippen molar-refractivity contribution in [3.8, 4) is 11.5 Å². The zero-order valence-electron chi connectivity index (χ0n) is 14.8. The van der Waals surface area contributed by atoms with Crippen LogP contribution in [-0.2, 0) is 9.53 Å². The van der Waals surface area contributed by atoms with E-state index in [1.54, 1.807) is 36.4 Å². The van der Waals surface area contributed by atoms with Gasteiger partial charge in [0.15, 0.2) is 6.61 Å². The predicted octanol–water partition coefficient (Wildman–Crippen LogP) is 1.94. The van der Waals surface area contributed by atoms with Gasteiger partial charge in [0.05, 0.1) is 12.2 Å². The fourth-order valence-electron chi connectivity index (χ4n) is 2.34. The highest BCUT2D eigenvalue weighted by atomic mass is 16.5. The number of hydrogen-bond donors (Lipinski definition) is 3. The summed E-state index contributed by atoms with van der Waals surface area (Å²) in [7, 11) is 0. The molecule has 9 nitrogen and oxygen atoms in total. The van der Waals surface area contributed by atoms with E-state index in [9.17, 15) is 9.59 Å². The minimum atomic E-state index is -0.674. The molecule has 0 spiro atoms. The van der Waals surface area contributed by atoms with Gasteiger partial charge in [-0.05, 0) is 24.3 Å². The minimum absolute atomic E-state index is 0.0824. The Kier molecular flexibility index (Phi) is 6.32. The van der Waals surface area contributed by atoms with Crippen molar-refractivity contribution >= 4 is 23.6 Å². The van der Waals surface area contributed by atoms with Crippen molar-refractivity contribution in [2.75, 3.05) is 30.4 Å². The highest BCUT2D eigenvalue weighted by Crippen LogP contribution is 2.19. The predicted molar refractivity (Wildman–Crippen MR) is 101 cm³/mol. The van der Waals surface area contributed by atoms with Gasteiger partial charge in [-0.3, -0.25) is 10.1 Å². The quantitative estimate of drug-likeness (QED) is 0.505. The van der Waals surface area contributed by atoms with E-state index < -0.39 is 18.5 Å². The third-order valence-electron chi connectivity index (χ3n) is 3.60. The average Bonchev–Trinajstić information content (AvgIpc) is 3.20. The summed E-state index contributed by atoms with van der Waals surface area (Å²) in [6.45, 7) is -0.317. The van der Waals surface area contributed by atoms with E-state index in [0.29, 0.717) is 11.3 Å². The summed E-state index contributed by atoms with van der Waals surface area (Å²) in [4.78, 5) is 24.2. The molecule has 0 radical (unpaired) electrons. The first-order chi connectivity index (χ1) is 13.7. The van der Waals surface area contributed by atoms with Gasteiger partial charge >= 0.3 is 12.0 Å². The van der Waals surface area contributed by atoms with E-state index in [2.05, 4.69) is 20.8 Å². The number of amides is 1. The maximum Gasteiger partial charge on any atom is 0.340 e. The normalized spacial score (nSPS) is 10.3. The number of anilines is 2. The van der Waals surface area contributed by atoms with E-state index in [4.69, 9.17) is 14.3 Å². The van der Waals surface area contributed by atoms with Crippen molar-refractivity contribution in [2.24, 2.45) is 0 Å². The highest BCUT2D eigenvalue weighted by Gasteiger charge is 2.16. The summed E-state index contributed by atoms with van der Waals surface area (Å²) in [5.41, 5.74) is 1.48. The number of ether oxygens (including phenoxy) is 1. The molecule has 0 saturated heterocycles. The monoisotopic (exact) mass is 382 g/mol. The standard InChI is InChI=1S/C19H18N4O5/c24-11-10-20-15-9-5-4-8-14(15)18(26)27-12-16(25)21-19-23-22-17(28-19)13-6-2-1-3-7-13/h1-9,20,24H,10-12H2,(H,21,23,25). The van der Waals surface area contributed by atoms with Crippen molar-refractivity contribution < 1.29 is 23.8 Å². The number of aliphatic hydroxyl groups excluding tert-OH is 1. The second-order valence-corrected chi connectivity index (χ2v) is 5.60. The molecule has 2 aromatic carbocycles. The van der Waals surface area contributed by atoms with Crippen molar-refractivity contribution in [2.45, 2.75) is 0 Å². The molecular formula is C19H18N4O5. The number of hydrogen-bond acceptors (Lipinski definition) is 8. The molecule has 3 aromatic rings. The number of nitrogens with one attached hydrogen (secondary N) is 2. The molecule has 0 fully saturated rings. The number of nitrogens with zero attached hydrogens (tertiary/aromatic N) is 2. The number of carbonyl (C=O) groups excluding carboxylic acids is 2. The molecule has 1 amide bonds.